The van der Waals surface area contributed by atoms with E-state index >= 15 is 0 Å². The van der Waals surface area contributed by atoms with E-state index in [0.717, 1.165) is 5.56 Å². The van der Waals surface area contributed by atoms with E-state index in [4.69, 9.17) is 5.73 Å². The van der Waals surface area contributed by atoms with Gasteiger partial charge in [0, 0.05) is 33.1 Å². The largest absolute Gasteiger partial charge is 0.359 e. The van der Waals surface area contributed by atoms with Crippen LogP contribution in [0.5, 0.6) is 0 Å². The molecule has 0 spiro atoms. The number of hydrogen-bond donors (Lipinski definition) is 2. The van der Waals surface area contributed by atoms with E-state index in [1.165, 1.54) is 18.4 Å². The van der Waals surface area contributed by atoms with Crippen molar-refractivity contribution in [3.63, 3.8) is 0 Å². The minimum atomic E-state index is -3.62. The van der Waals surface area contributed by atoms with Crippen molar-refractivity contribution in [2.24, 2.45) is 11.7 Å². The molecular formula is C14H23N3O3S. The number of rotatable bonds is 6. The van der Waals surface area contributed by atoms with Gasteiger partial charge in [0.25, 0.3) is 0 Å². The zero-order valence-electron chi connectivity index (χ0n) is 12.9. The standard InChI is InChI=1S/C14H23N3O3S/c1-10-7-12(8-15)5-6-13(10)21(19,20)17(4)9-11(2)14(18)16-3/h5-7,11H,8-9,15H2,1-4H3,(H,16,18). The fourth-order valence-electron chi connectivity index (χ4n) is 2.11. The van der Waals surface area contributed by atoms with Crippen LogP contribution in [0.2, 0.25) is 0 Å². The lowest BCUT2D eigenvalue weighted by molar-refractivity contribution is -0.124. The van der Waals surface area contributed by atoms with Crippen molar-refractivity contribution in [2.45, 2.75) is 25.3 Å². The highest BCUT2D eigenvalue weighted by Crippen LogP contribution is 2.21. The third-order valence-electron chi connectivity index (χ3n) is 3.39. The van der Waals surface area contributed by atoms with E-state index in [9.17, 15) is 13.2 Å². The van der Waals surface area contributed by atoms with E-state index < -0.39 is 15.9 Å². The van der Waals surface area contributed by atoms with Crippen LogP contribution in [0.4, 0.5) is 0 Å². The average Bonchev–Trinajstić information content (AvgIpc) is 2.45. The van der Waals surface area contributed by atoms with E-state index in [-0.39, 0.29) is 17.3 Å². The zero-order valence-corrected chi connectivity index (χ0v) is 13.7. The Morgan fingerprint density at radius 1 is 1.43 bits per heavy atom. The van der Waals surface area contributed by atoms with Crippen LogP contribution in [0.1, 0.15) is 18.1 Å². The fourth-order valence-corrected chi connectivity index (χ4v) is 3.57. The molecule has 6 nitrogen and oxygen atoms in total. The van der Waals surface area contributed by atoms with Gasteiger partial charge in [-0.05, 0) is 24.1 Å². The van der Waals surface area contributed by atoms with Crippen molar-refractivity contribution < 1.29 is 13.2 Å². The highest BCUT2D eigenvalue weighted by atomic mass is 32.2. The van der Waals surface area contributed by atoms with Gasteiger partial charge >= 0.3 is 0 Å². The van der Waals surface area contributed by atoms with E-state index in [2.05, 4.69) is 5.32 Å². The first-order valence-corrected chi connectivity index (χ1v) is 8.15. The zero-order chi connectivity index (χ0) is 16.2. The summed E-state index contributed by atoms with van der Waals surface area (Å²) in [6.07, 6.45) is 0. The predicted octanol–water partition coefficient (Wildman–Crippen LogP) is 0.456. The van der Waals surface area contributed by atoms with Crippen LogP contribution < -0.4 is 11.1 Å². The lowest BCUT2D eigenvalue weighted by atomic mass is 10.1. The molecule has 0 aliphatic carbocycles. The van der Waals surface area contributed by atoms with Crippen LogP contribution in [0.15, 0.2) is 23.1 Å². The van der Waals surface area contributed by atoms with Gasteiger partial charge in [0.15, 0.2) is 0 Å². The maximum absolute atomic E-state index is 12.6. The predicted molar refractivity (Wildman–Crippen MR) is 82.1 cm³/mol. The van der Waals surface area contributed by atoms with Gasteiger partial charge in [-0.25, -0.2) is 12.7 Å². The average molecular weight is 313 g/mol. The van der Waals surface area contributed by atoms with Gasteiger partial charge in [-0.1, -0.05) is 19.1 Å². The quantitative estimate of drug-likeness (QED) is 0.798. The summed E-state index contributed by atoms with van der Waals surface area (Å²) >= 11 is 0. The number of sulfonamides is 1. The Morgan fingerprint density at radius 3 is 2.52 bits per heavy atom. The normalized spacial score (nSPS) is 13.2. The highest BCUT2D eigenvalue weighted by molar-refractivity contribution is 7.89. The van der Waals surface area contributed by atoms with Crippen LogP contribution in [-0.2, 0) is 21.4 Å². The maximum Gasteiger partial charge on any atom is 0.243 e. The maximum atomic E-state index is 12.6. The Morgan fingerprint density at radius 2 is 2.05 bits per heavy atom. The van der Waals surface area contributed by atoms with Crippen LogP contribution in [0.25, 0.3) is 0 Å². The molecule has 0 fully saturated rings. The molecule has 1 aromatic rings. The number of nitrogens with two attached hydrogens (primary N) is 1. The van der Waals surface area contributed by atoms with Crippen molar-refractivity contribution in [1.82, 2.24) is 9.62 Å². The summed E-state index contributed by atoms with van der Waals surface area (Å²) in [6, 6.07) is 5.03. The number of carbonyl (C=O) groups excluding carboxylic acids is 1. The molecule has 0 aliphatic heterocycles. The van der Waals surface area contributed by atoms with Gasteiger partial charge in [-0.2, -0.15) is 0 Å². The molecule has 0 aromatic heterocycles. The Kier molecular flexibility index (Phi) is 5.88. The summed E-state index contributed by atoms with van der Waals surface area (Å²) in [5.41, 5.74) is 7.08. The highest BCUT2D eigenvalue weighted by Gasteiger charge is 2.25. The van der Waals surface area contributed by atoms with Crippen LogP contribution in [0.3, 0.4) is 0 Å². The molecule has 21 heavy (non-hydrogen) atoms. The van der Waals surface area contributed by atoms with Crippen LogP contribution in [0, 0.1) is 12.8 Å². The Bertz CT molecular complexity index is 614. The van der Waals surface area contributed by atoms with Crippen molar-refractivity contribution in [3.8, 4) is 0 Å². The topological polar surface area (TPSA) is 92.5 Å². The second-order valence-electron chi connectivity index (χ2n) is 5.10. The third kappa shape index (κ3) is 4.03. The fraction of sp³-hybridized carbons (Fsp3) is 0.500. The second kappa shape index (κ2) is 7.02. The summed E-state index contributed by atoms with van der Waals surface area (Å²) in [5.74, 6) is -0.606. The van der Waals surface area contributed by atoms with Gasteiger partial charge in [-0.3, -0.25) is 4.79 Å². The number of aryl methyl sites for hydroxylation is 1. The first-order valence-electron chi connectivity index (χ1n) is 6.71. The monoisotopic (exact) mass is 313 g/mol. The first kappa shape index (κ1) is 17.6. The third-order valence-corrected chi connectivity index (χ3v) is 5.37. The summed E-state index contributed by atoms with van der Waals surface area (Å²) < 4.78 is 26.3. The molecule has 118 valence electrons. The van der Waals surface area contributed by atoms with E-state index in [1.807, 2.05) is 0 Å². The molecule has 1 atom stereocenters. The molecule has 1 amide bonds. The van der Waals surface area contributed by atoms with Crippen molar-refractivity contribution >= 4 is 15.9 Å². The summed E-state index contributed by atoms with van der Waals surface area (Å²) in [6.45, 7) is 3.92. The van der Waals surface area contributed by atoms with Gasteiger partial charge < -0.3 is 11.1 Å². The smallest absolute Gasteiger partial charge is 0.243 e. The van der Waals surface area contributed by atoms with Crippen LogP contribution in [-0.4, -0.2) is 39.3 Å². The lowest BCUT2D eigenvalue weighted by Crippen LogP contribution is -2.37. The molecule has 0 aliphatic rings. The molecule has 0 saturated carbocycles. The number of amides is 1. The van der Waals surface area contributed by atoms with Crippen molar-refractivity contribution in [1.29, 1.82) is 0 Å². The van der Waals surface area contributed by atoms with Crippen LogP contribution >= 0.6 is 0 Å². The Hall–Kier alpha value is -1.44. The van der Waals surface area contributed by atoms with E-state index in [1.54, 1.807) is 32.0 Å². The number of nitrogens with one attached hydrogen (secondary N) is 1. The molecule has 7 heteroatoms. The number of hydrogen-bond acceptors (Lipinski definition) is 4. The number of nitrogens with zero attached hydrogens (tertiary/aromatic N) is 1. The molecule has 0 radical (unpaired) electrons. The summed E-state index contributed by atoms with van der Waals surface area (Å²) in [5, 5.41) is 2.51. The molecule has 3 N–H and O–H groups in total. The molecule has 0 heterocycles. The molecule has 0 saturated heterocycles. The number of carbonyl (C=O) groups is 1. The Labute approximate surface area is 126 Å². The van der Waals surface area contributed by atoms with Gasteiger partial charge in [0.1, 0.15) is 0 Å². The van der Waals surface area contributed by atoms with Gasteiger partial charge in [0.2, 0.25) is 15.9 Å². The molecule has 1 unspecified atom stereocenters. The van der Waals surface area contributed by atoms with E-state index in [0.29, 0.717) is 12.1 Å². The minimum absolute atomic E-state index is 0.125. The molecule has 0 bridgehead atoms. The lowest BCUT2D eigenvalue weighted by Gasteiger charge is -2.21. The first-order chi connectivity index (χ1) is 9.73. The Balaban J connectivity index is 3.02. The summed E-state index contributed by atoms with van der Waals surface area (Å²) in [7, 11) is -0.611. The molecule has 1 aromatic carbocycles. The summed E-state index contributed by atoms with van der Waals surface area (Å²) in [4.78, 5) is 11.8. The molecular weight excluding hydrogens is 290 g/mol. The molecule has 1 rings (SSSR count). The van der Waals surface area contributed by atoms with Gasteiger partial charge in [-0.15, -0.1) is 0 Å². The van der Waals surface area contributed by atoms with Gasteiger partial charge in [0.05, 0.1) is 4.90 Å². The number of benzene rings is 1. The SMILES string of the molecule is CNC(=O)C(C)CN(C)S(=O)(=O)c1ccc(CN)cc1C. The minimum Gasteiger partial charge on any atom is -0.359 e. The second-order valence-corrected chi connectivity index (χ2v) is 7.12. The van der Waals surface area contributed by atoms with Crippen molar-refractivity contribution in [3.05, 3.63) is 29.3 Å². The van der Waals surface area contributed by atoms with Crippen molar-refractivity contribution in [2.75, 3.05) is 20.6 Å².